The van der Waals surface area contributed by atoms with Gasteiger partial charge in [-0.15, -0.1) is 0 Å². The van der Waals surface area contributed by atoms with Crippen LogP contribution in [0.2, 0.25) is 0 Å². The highest BCUT2D eigenvalue weighted by molar-refractivity contribution is 5.74. The van der Waals surface area contributed by atoms with Crippen molar-refractivity contribution >= 4 is 0 Å². The van der Waals surface area contributed by atoms with Crippen LogP contribution < -0.4 is 5.56 Å². The van der Waals surface area contributed by atoms with Crippen molar-refractivity contribution in [2.45, 2.75) is 13.8 Å². The molecule has 0 unspecified atom stereocenters. The van der Waals surface area contributed by atoms with E-state index in [4.69, 9.17) is 4.52 Å². The zero-order chi connectivity index (χ0) is 15.7. The number of pyridine rings is 1. The summed E-state index contributed by atoms with van der Waals surface area (Å²) >= 11 is 0. The molecule has 0 saturated heterocycles. The summed E-state index contributed by atoms with van der Waals surface area (Å²) in [5, 5.41) is 13.0. The van der Waals surface area contributed by atoms with Crippen molar-refractivity contribution in [2.24, 2.45) is 0 Å². The Morgan fingerprint density at radius 3 is 2.68 bits per heavy atom. The number of hydrogen-bond acceptors (Lipinski definition) is 5. The van der Waals surface area contributed by atoms with Crippen LogP contribution in [0.4, 0.5) is 0 Å². The van der Waals surface area contributed by atoms with Crippen LogP contribution in [0.1, 0.15) is 17.1 Å². The van der Waals surface area contributed by atoms with Gasteiger partial charge in [-0.2, -0.15) is 10.2 Å². The Morgan fingerprint density at radius 2 is 2.00 bits per heavy atom. The quantitative estimate of drug-likeness (QED) is 0.783. The predicted octanol–water partition coefficient (Wildman–Crippen LogP) is 2.58. The van der Waals surface area contributed by atoms with E-state index in [-0.39, 0.29) is 5.56 Å². The fraction of sp³-hybridized carbons (Fsp3) is 0.125. The Bertz CT molecular complexity index is 947. The Balaban J connectivity index is 2.19. The van der Waals surface area contributed by atoms with E-state index in [1.807, 2.05) is 30.3 Å². The predicted molar refractivity (Wildman–Crippen MR) is 80.0 cm³/mol. The van der Waals surface area contributed by atoms with Crippen LogP contribution >= 0.6 is 0 Å². The van der Waals surface area contributed by atoms with Gasteiger partial charge in [-0.05, 0) is 37.6 Å². The molecule has 0 fully saturated rings. The first-order valence-corrected chi connectivity index (χ1v) is 6.63. The van der Waals surface area contributed by atoms with E-state index in [9.17, 15) is 10.1 Å². The highest BCUT2D eigenvalue weighted by atomic mass is 16.5. The minimum absolute atomic E-state index is 0.0875. The summed E-state index contributed by atoms with van der Waals surface area (Å²) in [4.78, 5) is 18.7. The number of H-pyrrole nitrogens is 1. The Kier molecular flexibility index (Phi) is 3.31. The third-order valence-electron chi connectivity index (χ3n) is 3.23. The van der Waals surface area contributed by atoms with Gasteiger partial charge in [-0.3, -0.25) is 4.79 Å². The Hall–Kier alpha value is -3.20. The molecule has 108 valence electrons. The molecule has 6 heteroatoms. The number of rotatable bonds is 2. The lowest BCUT2D eigenvalue weighted by Gasteiger charge is -2.06. The van der Waals surface area contributed by atoms with E-state index in [1.165, 1.54) is 0 Å². The summed E-state index contributed by atoms with van der Waals surface area (Å²) in [7, 11) is 0. The number of nitrogens with one attached hydrogen (secondary N) is 1. The monoisotopic (exact) mass is 292 g/mol. The lowest BCUT2D eigenvalue weighted by Crippen LogP contribution is -2.12. The smallest absolute Gasteiger partial charge is 0.266 e. The maximum atomic E-state index is 11.9. The first-order valence-electron chi connectivity index (χ1n) is 6.63. The third kappa shape index (κ3) is 2.40. The first-order chi connectivity index (χ1) is 10.6. The number of nitrogens with zero attached hydrogens (tertiary/aromatic N) is 3. The number of aromatic amines is 1. The molecule has 0 saturated carbocycles. The first kappa shape index (κ1) is 13.8. The fourth-order valence-electron chi connectivity index (χ4n) is 2.26. The molecule has 0 bridgehead atoms. The molecule has 22 heavy (non-hydrogen) atoms. The second-order valence-corrected chi connectivity index (χ2v) is 4.91. The van der Waals surface area contributed by atoms with Gasteiger partial charge in [0.2, 0.25) is 0 Å². The van der Waals surface area contributed by atoms with Crippen LogP contribution in [-0.2, 0) is 0 Å². The largest absolute Gasteiger partial charge is 0.334 e. The van der Waals surface area contributed by atoms with E-state index >= 15 is 0 Å². The molecule has 0 spiro atoms. The summed E-state index contributed by atoms with van der Waals surface area (Å²) in [6.07, 6.45) is 0. The summed E-state index contributed by atoms with van der Waals surface area (Å²) in [6, 6.07) is 11.0. The van der Waals surface area contributed by atoms with Gasteiger partial charge in [0.25, 0.3) is 11.4 Å². The molecule has 2 heterocycles. The fourth-order valence-corrected chi connectivity index (χ4v) is 2.26. The lowest BCUT2D eigenvalue weighted by atomic mass is 9.99. The van der Waals surface area contributed by atoms with Crippen molar-refractivity contribution in [1.29, 1.82) is 5.26 Å². The lowest BCUT2D eigenvalue weighted by molar-refractivity contribution is 0.425. The van der Waals surface area contributed by atoms with Crippen LogP contribution in [0.3, 0.4) is 0 Å². The molecule has 2 aromatic heterocycles. The molecule has 0 amide bonds. The maximum absolute atomic E-state index is 11.9. The zero-order valence-corrected chi connectivity index (χ0v) is 12.0. The maximum Gasteiger partial charge on any atom is 0.266 e. The average Bonchev–Trinajstić information content (AvgIpc) is 2.93. The Morgan fingerprint density at radius 1 is 1.23 bits per heavy atom. The van der Waals surface area contributed by atoms with Gasteiger partial charge in [0, 0.05) is 16.8 Å². The summed E-state index contributed by atoms with van der Waals surface area (Å²) in [5.74, 6) is 0.949. The normalized spacial score (nSPS) is 10.4. The van der Waals surface area contributed by atoms with E-state index in [0.29, 0.717) is 23.0 Å². The van der Waals surface area contributed by atoms with Gasteiger partial charge < -0.3 is 9.51 Å². The molecular weight excluding hydrogens is 280 g/mol. The number of aromatic nitrogens is 3. The highest BCUT2D eigenvalue weighted by Crippen LogP contribution is 2.26. The minimum atomic E-state index is -0.392. The average molecular weight is 292 g/mol. The van der Waals surface area contributed by atoms with E-state index < -0.39 is 5.56 Å². The van der Waals surface area contributed by atoms with Crippen LogP contribution in [0, 0.1) is 25.2 Å². The molecule has 1 N–H and O–H groups in total. The molecule has 1 aromatic carbocycles. The number of hydrogen-bond donors (Lipinski definition) is 1. The number of benzene rings is 1. The second kappa shape index (κ2) is 5.30. The number of nitriles is 1. The highest BCUT2D eigenvalue weighted by Gasteiger charge is 2.12. The third-order valence-corrected chi connectivity index (χ3v) is 3.23. The van der Waals surface area contributed by atoms with E-state index in [0.717, 1.165) is 11.1 Å². The van der Waals surface area contributed by atoms with Crippen LogP contribution in [0.25, 0.3) is 22.6 Å². The van der Waals surface area contributed by atoms with E-state index in [1.54, 1.807) is 19.9 Å². The van der Waals surface area contributed by atoms with Crippen LogP contribution in [0.15, 0.2) is 39.6 Å². The minimum Gasteiger partial charge on any atom is -0.334 e. The molecule has 6 nitrogen and oxygen atoms in total. The van der Waals surface area contributed by atoms with Crippen LogP contribution in [0.5, 0.6) is 0 Å². The van der Waals surface area contributed by atoms with Crippen LogP contribution in [-0.4, -0.2) is 15.1 Å². The van der Waals surface area contributed by atoms with Gasteiger partial charge in [0.15, 0.2) is 5.82 Å². The molecule has 0 radical (unpaired) electrons. The second-order valence-electron chi connectivity index (χ2n) is 4.91. The van der Waals surface area contributed by atoms with Crippen molar-refractivity contribution in [2.75, 3.05) is 0 Å². The molecule has 3 aromatic rings. The molecule has 3 rings (SSSR count). The topological polar surface area (TPSA) is 95.6 Å². The van der Waals surface area contributed by atoms with Gasteiger partial charge in [-0.1, -0.05) is 17.3 Å². The van der Waals surface area contributed by atoms with Gasteiger partial charge >= 0.3 is 0 Å². The van der Waals surface area contributed by atoms with Crippen molar-refractivity contribution in [1.82, 2.24) is 15.1 Å². The molecule has 0 aliphatic rings. The summed E-state index contributed by atoms with van der Waals surface area (Å²) in [6.45, 7) is 3.52. The molecular formula is C16H12N4O2. The summed E-state index contributed by atoms with van der Waals surface area (Å²) in [5.41, 5.74) is 2.46. The van der Waals surface area contributed by atoms with E-state index in [2.05, 4.69) is 15.1 Å². The zero-order valence-electron chi connectivity index (χ0n) is 12.0. The Labute approximate surface area is 126 Å². The number of aryl methyl sites for hydroxylation is 2. The summed E-state index contributed by atoms with van der Waals surface area (Å²) < 4.78 is 5.15. The SMILES string of the molecule is Cc1noc(-c2cccc(-c3cc(C)[nH]c(=O)c3C#N)c2)n1. The molecule has 0 aliphatic heterocycles. The van der Waals surface area contributed by atoms with Gasteiger partial charge in [-0.25, -0.2) is 0 Å². The van der Waals surface area contributed by atoms with Gasteiger partial charge in [0.05, 0.1) is 0 Å². The molecule has 0 aliphatic carbocycles. The standard InChI is InChI=1S/C16H12N4O2/c1-9-6-13(14(8-17)15(21)18-9)11-4-3-5-12(7-11)16-19-10(2)20-22-16/h3-7H,1-2H3,(H,18,21). The van der Waals surface area contributed by atoms with Crippen molar-refractivity contribution in [3.05, 3.63) is 57.8 Å². The van der Waals surface area contributed by atoms with Crippen molar-refractivity contribution in [3.63, 3.8) is 0 Å². The van der Waals surface area contributed by atoms with Crippen molar-refractivity contribution < 1.29 is 4.52 Å². The molecule has 0 atom stereocenters. The van der Waals surface area contributed by atoms with Crippen molar-refractivity contribution in [3.8, 4) is 28.7 Å². The van der Waals surface area contributed by atoms with Gasteiger partial charge in [0.1, 0.15) is 11.6 Å².